The number of hydrogen-bond donors (Lipinski definition) is 1. The van der Waals surface area contributed by atoms with Gasteiger partial charge in [0.25, 0.3) is 5.91 Å². The van der Waals surface area contributed by atoms with Gasteiger partial charge in [-0.1, -0.05) is 6.07 Å². The number of fused-ring (bicyclic) bond motifs is 1. The Balaban J connectivity index is 1.60. The van der Waals surface area contributed by atoms with E-state index in [1.54, 1.807) is 43.5 Å². The fourth-order valence-electron chi connectivity index (χ4n) is 2.69. The van der Waals surface area contributed by atoms with E-state index in [2.05, 4.69) is 10.3 Å². The maximum Gasteiger partial charge on any atom is 0.255 e. The summed E-state index contributed by atoms with van der Waals surface area (Å²) in [5.41, 5.74) is 3.01. The van der Waals surface area contributed by atoms with Crippen LogP contribution in [0.25, 0.3) is 22.6 Å². The smallest absolute Gasteiger partial charge is 0.255 e. The monoisotopic (exact) mass is 362 g/mol. The van der Waals surface area contributed by atoms with E-state index < -0.39 is 0 Å². The van der Waals surface area contributed by atoms with E-state index in [0.29, 0.717) is 34.0 Å². The first kappa shape index (κ1) is 16.8. The molecule has 3 aromatic carbocycles. The molecular weight excluding hydrogens is 347 g/mol. The number of halogens is 1. The summed E-state index contributed by atoms with van der Waals surface area (Å²) in [6.45, 7) is 0. The van der Waals surface area contributed by atoms with Crippen LogP contribution in [-0.4, -0.2) is 18.0 Å². The highest BCUT2D eigenvalue weighted by molar-refractivity contribution is 6.04. The molecule has 5 nitrogen and oxygen atoms in total. The second kappa shape index (κ2) is 6.92. The van der Waals surface area contributed by atoms with Crippen molar-refractivity contribution in [3.63, 3.8) is 0 Å². The molecule has 1 aromatic heterocycles. The summed E-state index contributed by atoms with van der Waals surface area (Å²) in [6.07, 6.45) is 0. The molecule has 1 amide bonds. The number of carbonyl (C=O) groups is 1. The summed E-state index contributed by atoms with van der Waals surface area (Å²) in [5, 5.41) is 2.79. The molecule has 0 aliphatic rings. The van der Waals surface area contributed by atoms with Gasteiger partial charge in [0, 0.05) is 22.9 Å². The Kier molecular flexibility index (Phi) is 4.30. The molecule has 0 unspecified atom stereocenters. The molecule has 134 valence electrons. The van der Waals surface area contributed by atoms with Crippen LogP contribution in [0, 0.1) is 5.82 Å². The van der Waals surface area contributed by atoms with E-state index in [1.165, 1.54) is 24.3 Å². The Morgan fingerprint density at radius 1 is 1.07 bits per heavy atom. The minimum Gasteiger partial charge on any atom is -0.497 e. The highest BCUT2D eigenvalue weighted by atomic mass is 19.1. The lowest BCUT2D eigenvalue weighted by molar-refractivity contribution is 0.102. The number of oxazole rings is 1. The number of nitrogens with one attached hydrogen (secondary N) is 1. The van der Waals surface area contributed by atoms with Crippen LogP contribution in [0.1, 0.15) is 10.4 Å². The first-order valence-electron chi connectivity index (χ1n) is 8.24. The number of anilines is 1. The molecule has 4 aromatic rings. The predicted octanol–water partition coefficient (Wildman–Crippen LogP) is 4.89. The summed E-state index contributed by atoms with van der Waals surface area (Å²) in [5.74, 6) is 0.425. The van der Waals surface area contributed by atoms with Gasteiger partial charge in [-0.3, -0.25) is 4.79 Å². The number of benzene rings is 3. The van der Waals surface area contributed by atoms with Crippen LogP contribution in [0.4, 0.5) is 10.1 Å². The van der Waals surface area contributed by atoms with Gasteiger partial charge < -0.3 is 14.5 Å². The van der Waals surface area contributed by atoms with Gasteiger partial charge in [-0.25, -0.2) is 9.37 Å². The predicted molar refractivity (Wildman–Crippen MR) is 100 cm³/mol. The van der Waals surface area contributed by atoms with E-state index >= 15 is 0 Å². The Morgan fingerprint density at radius 3 is 2.67 bits per heavy atom. The second-order valence-corrected chi connectivity index (χ2v) is 5.89. The number of methoxy groups -OCH3 is 1. The third kappa shape index (κ3) is 3.50. The molecule has 0 saturated heterocycles. The van der Waals surface area contributed by atoms with E-state index in [9.17, 15) is 9.18 Å². The van der Waals surface area contributed by atoms with E-state index in [4.69, 9.17) is 9.15 Å². The normalized spacial score (nSPS) is 10.7. The molecule has 27 heavy (non-hydrogen) atoms. The van der Waals surface area contributed by atoms with Crippen LogP contribution in [0.15, 0.2) is 71.1 Å². The Hall–Kier alpha value is -3.67. The number of rotatable bonds is 4. The van der Waals surface area contributed by atoms with Crippen LogP contribution in [-0.2, 0) is 0 Å². The molecule has 0 radical (unpaired) electrons. The summed E-state index contributed by atoms with van der Waals surface area (Å²) in [6, 6.07) is 17.9. The van der Waals surface area contributed by atoms with Crippen molar-refractivity contribution in [3.05, 3.63) is 78.1 Å². The van der Waals surface area contributed by atoms with Gasteiger partial charge in [0.2, 0.25) is 5.89 Å². The van der Waals surface area contributed by atoms with Gasteiger partial charge >= 0.3 is 0 Å². The average Bonchev–Trinajstić information content (AvgIpc) is 3.12. The molecule has 0 atom stereocenters. The van der Waals surface area contributed by atoms with Gasteiger partial charge in [0.15, 0.2) is 5.58 Å². The minimum absolute atomic E-state index is 0.325. The molecule has 0 saturated carbocycles. The van der Waals surface area contributed by atoms with Crippen LogP contribution in [0.5, 0.6) is 5.75 Å². The van der Waals surface area contributed by atoms with Crippen molar-refractivity contribution in [2.24, 2.45) is 0 Å². The zero-order chi connectivity index (χ0) is 18.8. The summed E-state index contributed by atoms with van der Waals surface area (Å²) < 4.78 is 24.0. The van der Waals surface area contributed by atoms with E-state index in [1.807, 2.05) is 6.07 Å². The van der Waals surface area contributed by atoms with Gasteiger partial charge in [0.05, 0.1) is 7.11 Å². The van der Waals surface area contributed by atoms with Gasteiger partial charge in [-0.05, 0) is 54.6 Å². The number of nitrogens with zero attached hydrogens (tertiary/aromatic N) is 1. The number of aromatic nitrogens is 1. The fraction of sp³-hybridized carbons (Fsp3) is 0.0476. The number of ether oxygens (including phenoxy) is 1. The lowest BCUT2D eigenvalue weighted by Gasteiger charge is -2.06. The molecule has 4 rings (SSSR count). The summed E-state index contributed by atoms with van der Waals surface area (Å²) in [7, 11) is 1.59. The van der Waals surface area contributed by atoms with Gasteiger partial charge in [0.1, 0.15) is 17.1 Å². The molecule has 0 bridgehead atoms. The first-order chi connectivity index (χ1) is 13.1. The van der Waals surface area contributed by atoms with Gasteiger partial charge in [-0.2, -0.15) is 0 Å². The zero-order valence-corrected chi connectivity index (χ0v) is 14.4. The lowest BCUT2D eigenvalue weighted by Crippen LogP contribution is -2.11. The third-order valence-electron chi connectivity index (χ3n) is 4.07. The Labute approximate surface area is 154 Å². The third-order valence-corrected chi connectivity index (χ3v) is 4.07. The molecule has 0 aliphatic heterocycles. The number of hydrogen-bond acceptors (Lipinski definition) is 4. The highest BCUT2D eigenvalue weighted by Crippen LogP contribution is 2.28. The fourth-order valence-corrected chi connectivity index (χ4v) is 2.69. The molecule has 1 heterocycles. The summed E-state index contributed by atoms with van der Waals surface area (Å²) >= 11 is 0. The van der Waals surface area contributed by atoms with Crippen molar-refractivity contribution >= 4 is 22.7 Å². The first-order valence-corrected chi connectivity index (χ1v) is 8.24. The van der Waals surface area contributed by atoms with E-state index in [0.717, 1.165) is 5.56 Å². The maximum atomic E-state index is 13.0. The molecule has 0 aliphatic carbocycles. The zero-order valence-electron chi connectivity index (χ0n) is 14.4. The standard InChI is InChI=1S/C21H15FN2O3/c1-26-17-9-10-19-18(12-17)24-21(27-19)14-3-2-4-16(11-14)23-20(25)13-5-7-15(22)8-6-13/h2-12H,1H3,(H,23,25). The van der Waals surface area contributed by atoms with Gasteiger partial charge in [-0.15, -0.1) is 0 Å². The topological polar surface area (TPSA) is 64.4 Å². The van der Waals surface area contributed by atoms with Crippen LogP contribution in [0.2, 0.25) is 0 Å². The van der Waals surface area contributed by atoms with Crippen molar-refractivity contribution in [1.29, 1.82) is 0 Å². The highest BCUT2D eigenvalue weighted by Gasteiger charge is 2.11. The van der Waals surface area contributed by atoms with Crippen molar-refractivity contribution < 1.29 is 18.3 Å². The van der Waals surface area contributed by atoms with Crippen molar-refractivity contribution in [2.75, 3.05) is 12.4 Å². The molecule has 0 fully saturated rings. The average molecular weight is 362 g/mol. The molecule has 6 heteroatoms. The minimum atomic E-state index is -0.388. The maximum absolute atomic E-state index is 13.0. The van der Waals surface area contributed by atoms with Crippen LogP contribution >= 0.6 is 0 Å². The van der Waals surface area contributed by atoms with Crippen molar-refractivity contribution in [2.45, 2.75) is 0 Å². The van der Waals surface area contributed by atoms with Crippen LogP contribution < -0.4 is 10.1 Å². The van der Waals surface area contributed by atoms with Crippen molar-refractivity contribution in [1.82, 2.24) is 4.98 Å². The van der Waals surface area contributed by atoms with E-state index in [-0.39, 0.29) is 11.7 Å². The quantitative estimate of drug-likeness (QED) is 0.561. The number of carbonyl (C=O) groups excluding carboxylic acids is 1. The number of amides is 1. The largest absolute Gasteiger partial charge is 0.497 e. The second-order valence-electron chi connectivity index (χ2n) is 5.89. The molecular formula is C21H15FN2O3. The molecule has 1 N–H and O–H groups in total. The lowest BCUT2D eigenvalue weighted by atomic mass is 10.1. The van der Waals surface area contributed by atoms with Crippen molar-refractivity contribution in [3.8, 4) is 17.2 Å². The Morgan fingerprint density at radius 2 is 1.89 bits per heavy atom. The summed E-state index contributed by atoms with van der Waals surface area (Å²) in [4.78, 5) is 16.8. The molecule has 0 spiro atoms. The van der Waals surface area contributed by atoms with Crippen LogP contribution in [0.3, 0.4) is 0 Å². The SMILES string of the molecule is COc1ccc2oc(-c3cccc(NC(=O)c4ccc(F)cc4)c3)nc2c1. The Bertz CT molecular complexity index is 1120.